The summed E-state index contributed by atoms with van der Waals surface area (Å²) < 4.78 is 0. The average Bonchev–Trinajstić information content (AvgIpc) is 3.32. The van der Waals surface area contributed by atoms with E-state index in [0.717, 1.165) is 29.5 Å². The van der Waals surface area contributed by atoms with Crippen LogP contribution < -0.4 is 0 Å². The number of hydrogen-bond donors (Lipinski definition) is 0. The molecule has 196 valence electrons. The lowest BCUT2D eigenvalue weighted by molar-refractivity contribution is -0.128. The van der Waals surface area contributed by atoms with Crippen molar-refractivity contribution in [3.8, 4) is 0 Å². The van der Waals surface area contributed by atoms with E-state index in [-0.39, 0.29) is 11.7 Å². The Bertz CT molecular complexity index is 1170. The second-order valence-corrected chi connectivity index (χ2v) is 8.51. The summed E-state index contributed by atoms with van der Waals surface area (Å²) in [5, 5.41) is 0. The van der Waals surface area contributed by atoms with Gasteiger partial charge in [-0.2, -0.15) is 0 Å². The van der Waals surface area contributed by atoms with Crippen LogP contribution in [0.4, 0.5) is 0 Å². The number of aryl methyl sites for hydroxylation is 2. The summed E-state index contributed by atoms with van der Waals surface area (Å²) in [5.74, 6) is -1.80. The highest BCUT2D eigenvalue weighted by atomic mass is 16.2. The number of hydrogen-bond acceptors (Lipinski definition) is 3. The first kappa shape index (κ1) is 29.7. The molecule has 37 heavy (non-hydrogen) atoms. The molecule has 1 fully saturated rings. The summed E-state index contributed by atoms with van der Waals surface area (Å²) in [4.78, 5) is 42.3. The quantitative estimate of drug-likeness (QED) is 0.189. The van der Waals surface area contributed by atoms with E-state index in [2.05, 4.69) is 6.92 Å². The summed E-state index contributed by atoms with van der Waals surface area (Å²) in [6.07, 6.45) is 2.65. The van der Waals surface area contributed by atoms with Gasteiger partial charge in [0, 0.05) is 11.1 Å². The van der Waals surface area contributed by atoms with E-state index in [9.17, 15) is 14.4 Å². The fourth-order valence-corrected chi connectivity index (χ4v) is 4.77. The molecule has 0 N–H and O–H groups in total. The second-order valence-electron chi connectivity index (χ2n) is 8.51. The van der Waals surface area contributed by atoms with Crippen molar-refractivity contribution in [2.75, 3.05) is 0 Å². The topological polar surface area (TPSA) is 54.5 Å². The van der Waals surface area contributed by atoms with Gasteiger partial charge in [-0.3, -0.25) is 19.3 Å². The highest BCUT2D eigenvalue weighted by molar-refractivity contribution is 6.17. The highest BCUT2D eigenvalue weighted by Crippen LogP contribution is 2.39. The van der Waals surface area contributed by atoms with Crippen LogP contribution in [0, 0.1) is 5.92 Å². The minimum atomic E-state index is -0.870. The number of likely N-dealkylation sites (tertiary alicyclic amines) is 1. The molecule has 0 spiro atoms. The van der Waals surface area contributed by atoms with Gasteiger partial charge >= 0.3 is 0 Å². The molecular formula is C33H41NO3. The highest BCUT2D eigenvalue weighted by Gasteiger charge is 2.47. The van der Waals surface area contributed by atoms with Crippen LogP contribution in [-0.2, 0) is 17.6 Å². The Hall–Kier alpha value is -3.53. The number of nitrogens with zero attached hydrogens (tertiary/aromatic N) is 1. The van der Waals surface area contributed by atoms with Crippen molar-refractivity contribution in [1.29, 1.82) is 0 Å². The molecule has 4 heteroatoms. The van der Waals surface area contributed by atoms with E-state index < -0.39 is 17.9 Å². The predicted molar refractivity (Wildman–Crippen MR) is 152 cm³/mol. The molecule has 2 atom stereocenters. The molecule has 1 aliphatic rings. The van der Waals surface area contributed by atoms with E-state index in [0.29, 0.717) is 24.0 Å². The molecule has 0 bridgehead atoms. The van der Waals surface area contributed by atoms with Gasteiger partial charge in [-0.15, -0.1) is 0 Å². The van der Waals surface area contributed by atoms with Gasteiger partial charge in [0.05, 0.1) is 6.04 Å². The summed E-state index contributed by atoms with van der Waals surface area (Å²) in [7, 11) is 0. The third-order valence-electron chi connectivity index (χ3n) is 6.46. The zero-order valence-corrected chi connectivity index (χ0v) is 23.2. The molecule has 3 aromatic rings. The Kier molecular flexibility index (Phi) is 12.0. The Balaban J connectivity index is 0.00000115. The van der Waals surface area contributed by atoms with Gasteiger partial charge in [-0.25, -0.2) is 0 Å². The van der Waals surface area contributed by atoms with Crippen LogP contribution in [-0.4, -0.2) is 22.5 Å². The molecule has 0 aromatic heterocycles. The molecule has 4 nitrogen and oxygen atoms in total. The van der Waals surface area contributed by atoms with Crippen LogP contribution in [0.5, 0.6) is 0 Å². The van der Waals surface area contributed by atoms with Crippen molar-refractivity contribution in [2.24, 2.45) is 5.92 Å². The van der Waals surface area contributed by atoms with Gasteiger partial charge in [0.15, 0.2) is 5.78 Å². The number of imide groups is 1. The maximum absolute atomic E-state index is 13.8. The maximum Gasteiger partial charge on any atom is 0.261 e. The first-order valence-corrected chi connectivity index (χ1v) is 13.7. The normalized spacial score (nSPS) is 16.3. The van der Waals surface area contributed by atoms with Crippen LogP contribution >= 0.6 is 0 Å². The number of amides is 2. The molecule has 0 aliphatic carbocycles. The number of carbonyl (C=O) groups excluding carboxylic acids is 3. The zero-order chi connectivity index (χ0) is 27.4. The summed E-state index contributed by atoms with van der Waals surface area (Å²) in [6.45, 7) is 12.1. The van der Waals surface area contributed by atoms with Gasteiger partial charge < -0.3 is 0 Å². The fraction of sp³-hybridized carbons (Fsp3) is 0.364. The smallest absolute Gasteiger partial charge is 0.261 e. The lowest BCUT2D eigenvalue weighted by Crippen LogP contribution is -2.37. The molecule has 3 aromatic carbocycles. The largest absolute Gasteiger partial charge is 0.293 e. The minimum absolute atomic E-state index is 0.199. The molecule has 1 heterocycles. The molecule has 2 unspecified atom stereocenters. The van der Waals surface area contributed by atoms with Gasteiger partial charge in [-0.05, 0) is 42.0 Å². The van der Waals surface area contributed by atoms with Crippen molar-refractivity contribution in [3.05, 3.63) is 107 Å². The molecule has 1 aliphatic heterocycles. The van der Waals surface area contributed by atoms with Crippen molar-refractivity contribution >= 4 is 17.6 Å². The first-order chi connectivity index (χ1) is 18.1. The second kappa shape index (κ2) is 14.9. The summed E-state index contributed by atoms with van der Waals surface area (Å²) in [6, 6.07) is 24.0. The van der Waals surface area contributed by atoms with Gasteiger partial charge in [-0.1, -0.05) is 121 Å². The summed E-state index contributed by atoms with van der Waals surface area (Å²) >= 11 is 0. The molecule has 2 amide bonds. The lowest BCUT2D eigenvalue weighted by Gasteiger charge is -2.24. The van der Waals surface area contributed by atoms with Crippen molar-refractivity contribution in [1.82, 2.24) is 4.90 Å². The van der Waals surface area contributed by atoms with Gasteiger partial charge in [0.25, 0.3) is 5.91 Å². The lowest BCUT2D eigenvalue weighted by atomic mass is 9.90. The predicted octanol–water partition coefficient (Wildman–Crippen LogP) is 7.87. The molecule has 4 rings (SSSR count). The third kappa shape index (κ3) is 6.62. The van der Waals surface area contributed by atoms with E-state index in [4.69, 9.17) is 0 Å². The molecule has 1 saturated heterocycles. The van der Waals surface area contributed by atoms with E-state index in [1.807, 2.05) is 101 Å². The maximum atomic E-state index is 13.8. The zero-order valence-electron chi connectivity index (χ0n) is 23.2. The Morgan fingerprint density at radius 2 is 1.30 bits per heavy atom. The standard InChI is InChI=1S/C29H29NO3.2C2H6/c1-3-12-21-14-9-11-18-24(21)28(32)30-26(22-15-6-5-7-16-22)19-25(29(30)33)27(31)23-17-10-8-13-20(23)4-2;2*1-2/h5-11,13-18,25-26H,3-4,12,19H2,1-2H3;2*1-2H3. The van der Waals surface area contributed by atoms with E-state index in [1.54, 1.807) is 12.1 Å². The Morgan fingerprint density at radius 1 is 0.757 bits per heavy atom. The van der Waals surface area contributed by atoms with Crippen LogP contribution in [0.2, 0.25) is 0 Å². The van der Waals surface area contributed by atoms with Crippen LogP contribution in [0.3, 0.4) is 0 Å². The van der Waals surface area contributed by atoms with Crippen molar-refractivity contribution in [3.63, 3.8) is 0 Å². The van der Waals surface area contributed by atoms with Gasteiger partial charge in [0.1, 0.15) is 5.92 Å². The van der Waals surface area contributed by atoms with Crippen molar-refractivity contribution < 1.29 is 14.4 Å². The Labute approximate surface area is 222 Å². The Morgan fingerprint density at radius 3 is 1.89 bits per heavy atom. The third-order valence-corrected chi connectivity index (χ3v) is 6.46. The number of rotatable bonds is 7. The van der Waals surface area contributed by atoms with Crippen LogP contribution in [0.1, 0.15) is 97.8 Å². The van der Waals surface area contributed by atoms with Crippen LogP contribution in [0.25, 0.3) is 0 Å². The van der Waals surface area contributed by atoms with Crippen LogP contribution in [0.15, 0.2) is 78.9 Å². The molecular weight excluding hydrogens is 458 g/mol. The molecule has 0 saturated carbocycles. The summed E-state index contributed by atoms with van der Waals surface area (Å²) in [5.41, 5.74) is 3.83. The van der Waals surface area contributed by atoms with E-state index in [1.165, 1.54) is 4.90 Å². The number of Topliss-reactive ketones (excluding diaryl/α,β-unsaturated/α-hetero) is 1. The van der Waals surface area contributed by atoms with E-state index >= 15 is 0 Å². The fourth-order valence-electron chi connectivity index (χ4n) is 4.77. The minimum Gasteiger partial charge on any atom is -0.293 e. The number of ketones is 1. The SMILES string of the molecule is CC.CC.CCCc1ccccc1C(=O)N1C(=O)C(C(=O)c2ccccc2CC)CC1c1ccccc1. The number of carbonyl (C=O) groups is 3. The number of benzene rings is 3. The van der Waals surface area contributed by atoms with Crippen molar-refractivity contribution in [2.45, 2.75) is 73.3 Å². The molecule has 0 radical (unpaired) electrons. The first-order valence-electron chi connectivity index (χ1n) is 13.7. The monoisotopic (exact) mass is 499 g/mol. The average molecular weight is 500 g/mol. The van der Waals surface area contributed by atoms with Gasteiger partial charge in [0.2, 0.25) is 5.91 Å².